The summed E-state index contributed by atoms with van der Waals surface area (Å²) in [7, 11) is 0. The molecule has 0 bridgehead atoms. The second kappa shape index (κ2) is 8.06. The Morgan fingerprint density at radius 1 is 1.03 bits per heavy atom. The van der Waals surface area contributed by atoms with E-state index < -0.39 is 5.60 Å². The molecule has 2 saturated heterocycles. The number of para-hydroxylation sites is 1. The van der Waals surface area contributed by atoms with Crippen LogP contribution in [0.25, 0.3) is 11.3 Å². The van der Waals surface area contributed by atoms with Gasteiger partial charge in [-0.1, -0.05) is 12.1 Å². The lowest BCUT2D eigenvalue weighted by molar-refractivity contribution is -0.00267. The maximum atomic E-state index is 12.9. The van der Waals surface area contributed by atoms with Gasteiger partial charge < -0.3 is 19.0 Å². The minimum absolute atomic E-state index is 0.0457. The van der Waals surface area contributed by atoms with Gasteiger partial charge in [-0.25, -0.2) is 0 Å². The van der Waals surface area contributed by atoms with E-state index in [-0.39, 0.29) is 5.91 Å². The van der Waals surface area contributed by atoms with E-state index in [2.05, 4.69) is 27.8 Å². The highest BCUT2D eigenvalue weighted by Gasteiger charge is 2.46. The van der Waals surface area contributed by atoms with Crippen molar-refractivity contribution in [3.63, 3.8) is 0 Å². The van der Waals surface area contributed by atoms with E-state index in [1.165, 1.54) is 31.6 Å². The maximum absolute atomic E-state index is 12.9. The van der Waals surface area contributed by atoms with E-state index in [0.717, 1.165) is 48.6 Å². The first-order valence-corrected chi connectivity index (χ1v) is 12.1. The molecule has 172 valence electrons. The fourth-order valence-electron chi connectivity index (χ4n) is 5.58. The number of furan rings is 1. The predicted octanol–water partition coefficient (Wildman–Crippen LogP) is 4.07. The zero-order chi connectivity index (χ0) is 22.4. The van der Waals surface area contributed by atoms with Crippen LogP contribution in [-0.2, 0) is 12.1 Å². The minimum Gasteiger partial charge on any atom is -0.482 e. The number of piperidine rings is 1. The Bertz CT molecular complexity index is 1170. The quantitative estimate of drug-likeness (QED) is 0.605. The summed E-state index contributed by atoms with van der Waals surface area (Å²) in [6, 6.07) is 11.9. The second-order valence-corrected chi connectivity index (χ2v) is 9.47. The molecule has 1 amide bonds. The summed E-state index contributed by atoms with van der Waals surface area (Å²) in [4.78, 5) is 17.3. The fraction of sp³-hybridized carbons (Fsp3) is 0.462. The lowest BCUT2D eigenvalue weighted by Gasteiger charge is -2.44. The molecule has 0 unspecified atom stereocenters. The maximum Gasteiger partial charge on any atom is 0.289 e. The van der Waals surface area contributed by atoms with Gasteiger partial charge in [-0.15, -0.1) is 0 Å². The molecule has 7 heteroatoms. The summed E-state index contributed by atoms with van der Waals surface area (Å²) in [5.41, 5.74) is 2.99. The smallest absolute Gasteiger partial charge is 0.289 e. The van der Waals surface area contributed by atoms with Crippen LogP contribution in [0, 0.1) is 6.92 Å². The van der Waals surface area contributed by atoms with Crippen molar-refractivity contribution in [2.24, 2.45) is 0 Å². The fourth-order valence-corrected chi connectivity index (χ4v) is 5.58. The van der Waals surface area contributed by atoms with Crippen LogP contribution < -0.4 is 4.74 Å². The number of benzene rings is 1. The van der Waals surface area contributed by atoms with Gasteiger partial charge in [0.05, 0.1) is 18.4 Å². The molecule has 1 spiro atoms. The topological polar surface area (TPSA) is 63.7 Å². The molecule has 0 saturated carbocycles. The number of fused-ring (bicyclic) bond motifs is 4. The summed E-state index contributed by atoms with van der Waals surface area (Å²) in [5, 5.41) is 4.83. The number of rotatable bonds is 4. The van der Waals surface area contributed by atoms with Gasteiger partial charge in [-0.2, -0.15) is 5.10 Å². The molecule has 6 rings (SSSR count). The first kappa shape index (κ1) is 20.5. The van der Waals surface area contributed by atoms with Crippen LogP contribution in [0.3, 0.4) is 0 Å². The van der Waals surface area contributed by atoms with Crippen LogP contribution in [0.4, 0.5) is 0 Å². The van der Waals surface area contributed by atoms with E-state index in [0.29, 0.717) is 18.8 Å². The van der Waals surface area contributed by atoms with Gasteiger partial charge in [0.15, 0.2) is 5.76 Å². The van der Waals surface area contributed by atoms with E-state index >= 15 is 0 Å². The summed E-state index contributed by atoms with van der Waals surface area (Å²) >= 11 is 0. The SMILES string of the molecule is Cc1ccc(C(=O)N2CCC3(CC2)Oc2ccccc2-c2c3cnn2CCN2CCCC2)o1. The molecule has 2 aromatic heterocycles. The first-order valence-electron chi connectivity index (χ1n) is 12.1. The number of aryl methyl sites for hydroxylation is 1. The number of carbonyl (C=O) groups excluding carboxylic acids is 1. The number of nitrogens with zero attached hydrogens (tertiary/aromatic N) is 4. The highest BCUT2D eigenvalue weighted by Crippen LogP contribution is 2.49. The molecule has 3 aliphatic rings. The summed E-state index contributed by atoms with van der Waals surface area (Å²) in [6.07, 6.45) is 6.06. The Balaban J connectivity index is 1.27. The number of hydrogen-bond donors (Lipinski definition) is 0. The predicted molar refractivity (Wildman–Crippen MR) is 124 cm³/mol. The monoisotopic (exact) mass is 446 g/mol. The van der Waals surface area contributed by atoms with Crippen molar-refractivity contribution < 1.29 is 13.9 Å². The molecule has 0 atom stereocenters. The van der Waals surface area contributed by atoms with Gasteiger partial charge in [-0.3, -0.25) is 9.48 Å². The number of ether oxygens (including phenoxy) is 1. The third-order valence-electron chi connectivity index (χ3n) is 7.41. The van der Waals surface area contributed by atoms with Gasteiger partial charge in [0, 0.05) is 43.6 Å². The van der Waals surface area contributed by atoms with Crippen molar-refractivity contribution in [3.05, 3.63) is 59.7 Å². The van der Waals surface area contributed by atoms with Gasteiger partial charge in [0.25, 0.3) is 5.91 Å². The van der Waals surface area contributed by atoms with Crippen molar-refractivity contribution in [1.29, 1.82) is 0 Å². The highest BCUT2D eigenvalue weighted by atomic mass is 16.5. The van der Waals surface area contributed by atoms with Crippen molar-refractivity contribution in [2.75, 3.05) is 32.7 Å². The molecular formula is C26H30N4O3. The molecule has 3 aromatic rings. The van der Waals surface area contributed by atoms with Gasteiger partial charge >= 0.3 is 0 Å². The van der Waals surface area contributed by atoms with Crippen molar-refractivity contribution >= 4 is 5.91 Å². The first-order chi connectivity index (χ1) is 16.1. The third kappa shape index (κ3) is 3.55. The number of carbonyl (C=O) groups is 1. The van der Waals surface area contributed by atoms with Gasteiger partial charge in [0.2, 0.25) is 0 Å². The average Bonchev–Trinajstić information content (AvgIpc) is 3.59. The Morgan fingerprint density at radius 3 is 2.58 bits per heavy atom. The standard InChI is InChI=1S/C26H30N4O3/c1-19-8-9-23(32-19)25(31)29-14-10-26(11-15-29)21-18-27-30(17-16-28-12-4-5-13-28)24(21)20-6-2-3-7-22(20)33-26/h2-3,6-9,18H,4-5,10-17H2,1H3. The Labute approximate surface area is 193 Å². The minimum atomic E-state index is -0.453. The third-order valence-corrected chi connectivity index (χ3v) is 7.41. The summed E-state index contributed by atoms with van der Waals surface area (Å²) in [5.74, 6) is 2.03. The van der Waals surface area contributed by atoms with Crippen LogP contribution in [-0.4, -0.2) is 58.2 Å². The zero-order valence-electron chi connectivity index (χ0n) is 19.1. The molecule has 3 aliphatic heterocycles. The summed E-state index contributed by atoms with van der Waals surface area (Å²) in [6.45, 7) is 7.38. The van der Waals surface area contributed by atoms with E-state index in [1.807, 2.05) is 30.2 Å². The van der Waals surface area contributed by atoms with Gasteiger partial charge in [0.1, 0.15) is 17.1 Å². The average molecular weight is 447 g/mol. The van der Waals surface area contributed by atoms with Crippen LogP contribution in [0.2, 0.25) is 0 Å². The molecule has 7 nitrogen and oxygen atoms in total. The lowest BCUT2D eigenvalue weighted by atomic mass is 9.81. The molecule has 0 aliphatic carbocycles. The van der Waals surface area contributed by atoms with Crippen LogP contribution in [0.15, 0.2) is 47.0 Å². The number of amides is 1. The Hall–Kier alpha value is -3.06. The molecule has 0 N–H and O–H groups in total. The highest BCUT2D eigenvalue weighted by molar-refractivity contribution is 5.91. The van der Waals surface area contributed by atoms with Crippen molar-refractivity contribution in [2.45, 2.75) is 44.8 Å². The second-order valence-electron chi connectivity index (χ2n) is 9.47. The van der Waals surface area contributed by atoms with Crippen LogP contribution in [0.5, 0.6) is 5.75 Å². The molecule has 1 aromatic carbocycles. The lowest BCUT2D eigenvalue weighted by Crippen LogP contribution is -2.49. The molecule has 2 fully saturated rings. The molecule has 5 heterocycles. The largest absolute Gasteiger partial charge is 0.482 e. The molecule has 0 radical (unpaired) electrons. The van der Waals surface area contributed by atoms with Crippen molar-refractivity contribution in [3.8, 4) is 17.0 Å². The normalized spacial score (nSPS) is 19.4. The Morgan fingerprint density at radius 2 is 1.82 bits per heavy atom. The molecular weight excluding hydrogens is 416 g/mol. The van der Waals surface area contributed by atoms with E-state index in [4.69, 9.17) is 14.3 Å². The zero-order valence-corrected chi connectivity index (χ0v) is 19.1. The summed E-state index contributed by atoms with van der Waals surface area (Å²) < 4.78 is 14.4. The van der Waals surface area contributed by atoms with Gasteiger partial charge in [-0.05, 0) is 57.1 Å². The number of aromatic nitrogens is 2. The number of likely N-dealkylation sites (tertiary alicyclic amines) is 2. The molecule has 33 heavy (non-hydrogen) atoms. The van der Waals surface area contributed by atoms with E-state index in [1.54, 1.807) is 6.07 Å². The van der Waals surface area contributed by atoms with Crippen LogP contribution >= 0.6 is 0 Å². The number of hydrogen-bond acceptors (Lipinski definition) is 5. The Kier molecular flexibility index (Phi) is 5.02. The van der Waals surface area contributed by atoms with Crippen molar-refractivity contribution in [1.82, 2.24) is 19.6 Å². The van der Waals surface area contributed by atoms with E-state index in [9.17, 15) is 4.79 Å². The van der Waals surface area contributed by atoms with Crippen LogP contribution in [0.1, 0.15) is 47.6 Å².